The van der Waals surface area contributed by atoms with E-state index in [1.165, 1.54) is 32.1 Å². The first-order valence-corrected chi connectivity index (χ1v) is 8.11. The average Bonchev–Trinajstić information content (AvgIpc) is 2.46. The van der Waals surface area contributed by atoms with E-state index in [-0.39, 0.29) is 5.41 Å². The highest BCUT2D eigenvalue weighted by molar-refractivity contribution is 5.85. The molecule has 118 valence electrons. The minimum Gasteiger partial charge on any atom is -0.409 e. The van der Waals surface area contributed by atoms with Crippen LogP contribution < -0.4 is 5.73 Å². The largest absolute Gasteiger partial charge is 0.409 e. The number of unbranched alkanes of at least 4 members (excludes halogenated alkanes) is 1. The zero-order chi connectivity index (χ0) is 15.0. The molecule has 20 heavy (non-hydrogen) atoms. The summed E-state index contributed by atoms with van der Waals surface area (Å²) in [5, 5.41) is 11.9. The van der Waals surface area contributed by atoms with E-state index in [2.05, 4.69) is 12.1 Å². The lowest BCUT2D eigenvalue weighted by atomic mass is 9.84. The third-order valence-electron chi connectivity index (χ3n) is 4.69. The minimum absolute atomic E-state index is 0.231. The van der Waals surface area contributed by atoms with E-state index in [1.807, 2.05) is 13.8 Å². The molecule has 2 unspecified atom stereocenters. The van der Waals surface area contributed by atoms with Crippen molar-refractivity contribution in [1.82, 2.24) is 0 Å². The van der Waals surface area contributed by atoms with Crippen LogP contribution >= 0.6 is 0 Å². The molecule has 3 N–H and O–H groups in total. The Kier molecular flexibility index (Phi) is 7.35. The number of rotatable bonds is 8. The molecular weight excluding hydrogens is 252 g/mol. The Balaban J connectivity index is 2.18. The van der Waals surface area contributed by atoms with Gasteiger partial charge < -0.3 is 15.7 Å². The second kappa shape index (κ2) is 8.50. The van der Waals surface area contributed by atoms with Crippen molar-refractivity contribution >= 4 is 5.84 Å². The number of hydrogen-bond acceptors (Lipinski definition) is 3. The fourth-order valence-corrected chi connectivity index (χ4v) is 3.03. The maximum Gasteiger partial charge on any atom is 0.144 e. The first-order valence-electron chi connectivity index (χ1n) is 8.11. The summed E-state index contributed by atoms with van der Waals surface area (Å²) in [5.74, 6) is 1.08. The lowest BCUT2D eigenvalue weighted by Gasteiger charge is -2.31. The zero-order valence-electron chi connectivity index (χ0n) is 13.4. The fraction of sp³-hybridized carbons (Fsp3) is 0.938. The van der Waals surface area contributed by atoms with Gasteiger partial charge in [-0.3, -0.25) is 0 Å². The van der Waals surface area contributed by atoms with Crippen LogP contribution in [0, 0.1) is 11.3 Å². The Labute approximate surface area is 123 Å². The van der Waals surface area contributed by atoms with E-state index < -0.39 is 0 Å². The molecule has 1 fully saturated rings. The monoisotopic (exact) mass is 284 g/mol. The molecular formula is C16H32N2O2. The van der Waals surface area contributed by atoms with Crippen LogP contribution in [0.15, 0.2) is 5.16 Å². The first kappa shape index (κ1) is 17.3. The highest BCUT2D eigenvalue weighted by atomic mass is 16.5. The molecule has 1 aliphatic rings. The van der Waals surface area contributed by atoms with Gasteiger partial charge in [-0.1, -0.05) is 51.6 Å². The van der Waals surface area contributed by atoms with Crippen LogP contribution in [-0.2, 0) is 4.74 Å². The summed E-state index contributed by atoms with van der Waals surface area (Å²) in [6, 6.07) is 0. The van der Waals surface area contributed by atoms with Gasteiger partial charge in [0.2, 0.25) is 0 Å². The van der Waals surface area contributed by atoms with Gasteiger partial charge >= 0.3 is 0 Å². The molecule has 0 bridgehead atoms. The second-order valence-corrected chi connectivity index (χ2v) is 6.69. The van der Waals surface area contributed by atoms with Crippen molar-refractivity contribution in [1.29, 1.82) is 0 Å². The smallest absolute Gasteiger partial charge is 0.144 e. The van der Waals surface area contributed by atoms with Crippen LogP contribution in [0.3, 0.4) is 0 Å². The van der Waals surface area contributed by atoms with Gasteiger partial charge in [0, 0.05) is 12.0 Å². The quantitative estimate of drug-likeness (QED) is 0.233. The topological polar surface area (TPSA) is 67.8 Å². The summed E-state index contributed by atoms with van der Waals surface area (Å²) in [5.41, 5.74) is 5.46. The highest BCUT2D eigenvalue weighted by Crippen LogP contribution is 2.29. The summed E-state index contributed by atoms with van der Waals surface area (Å²) in [4.78, 5) is 0. The maximum atomic E-state index is 8.74. The third kappa shape index (κ3) is 5.31. The summed E-state index contributed by atoms with van der Waals surface area (Å²) in [6.45, 7) is 7.13. The molecule has 1 aliphatic carbocycles. The van der Waals surface area contributed by atoms with Crippen molar-refractivity contribution in [2.24, 2.45) is 22.2 Å². The second-order valence-electron chi connectivity index (χ2n) is 6.69. The molecule has 0 aromatic carbocycles. The predicted molar refractivity (Wildman–Crippen MR) is 83.0 cm³/mol. The number of nitrogens with zero attached hydrogens (tertiary/aromatic N) is 1. The summed E-state index contributed by atoms with van der Waals surface area (Å²) >= 11 is 0. The minimum atomic E-state index is -0.231. The number of hydrogen-bond donors (Lipinski definition) is 2. The Morgan fingerprint density at radius 2 is 2.00 bits per heavy atom. The van der Waals surface area contributed by atoms with Crippen molar-refractivity contribution in [3.05, 3.63) is 0 Å². The fourth-order valence-electron chi connectivity index (χ4n) is 3.03. The van der Waals surface area contributed by atoms with Crippen LogP contribution in [0.4, 0.5) is 0 Å². The van der Waals surface area contributed by atoms with Crippen molar-refractivity contribution in [3.8, 4) is 0 Å². The molecule has 4 heteroatoms. The van der Waals surface area contributed by atoms with Crippen LogP contribution in [0.1, 0.15) is 72.1 Å². The van der Waals surface area contributed by atoms with E-state index in [0.717, 1.165) is 31.8 Å². The van der Waals surface area contributed by atoms with E-state index in [0.29, 0.717) is 11.9 Å². The molecule has 1 saturated carbocycles. The van der Waals surface area contributed by atoms with Gasteiger partial charge in [0.05, 0.1) is 6.10 Å². The van der Waals surface area contributed by atoms with Crippen LogP contribution in [-0.4, -0.2) is 23.8 Å². The normalized spacial score (nSPS) is 24.9. The predicted octanol–water partition coefficient (Wildman–Crippen LogP) is 3.91. The molecule has 4 nitrogen and oxygen atoms in total. The van der Waals surface area contributed by atoms with Gasteiger partial charge in [-0.2, -0.15) is 0 Å². The molecule has 0 aromatic heterocycles. The molecule has 2 atom stereocenters. The van der Waals surface area contributed by atoms with Gasteiger partial charge in [0.1, 0.15) is 5.84 Å². The number of oxime groups is 1. The Hall–Kier alpha value is -0.770. The number of nitrogens with two attached hydrogens (primary N) is 1. The van der Waals surface area contributed by atoms with Gasteiger partial charge in [-0.05, 0) is 31.6 Å². The number of amidine groups is 1. The number of ether oxygens (including phenoxy) is 1. The molecule has 0 aliphatic heterocycles. The standard InChI is InChI=1S/C16H32N2O2/c1-4-13-9-5-6-10-14(13)20-12-8-7-11-16(2,3)15(17)18-19/h13-14,19H,4-12H2,1-3H3,(H2,17,18). The van der Waals surface area contributed by atoms with Gasteiger partial charge in [-0.15, -0.1) is 0 Å². The summed E-state index contributed by atoms with van der Waals surface area (Å²) < 4.78 is 6.08. The highest BCUT2D eigenvalue weighted by Gasteiger charge is 2.25. The first-order chi connectivity index (χ1) is 9.51. The van der Waals surface area contributed by atoms with Gasteiger partial charge in [-0.25, -0.2) is 0 Å². The molecule has 0 aromatic rings. The lowest BCUT2D eigenvalue weighted by Crippen LogP contribution is -2.32. The molecule has 0 heterocycles. The molecule has 0 spiro atoms. The molecule has 0 radical (unpaired) electrons. The van der Waals surface area contributed by atoms with E-state index in [9.17, 15) is 0 Å². The van der Waals surface area contributed by atoms with Crippen molar-refractivity contribution in [3.63, 3.8) is 0 Å². The van der Waals surface area contributed by atoms with Crippen LogP contribution in [0.2, 0.25) is 0 Å². The molecule has 0 amide bonds. The average molecular weight is 284 g/mol. The zero-order valence-corrected chi connectivity index (χ0v) is 13.4. The van der Waals surface area contributed by atoms with Gasteiger partial charge in [0.25, 0.3) is 0 Å². The summed E-state index contributed by atoms with van der Waals surface area (Å²) in [7, 11) is 0. The Morgan fingerprint density at radius 3 is 2.65 bits per heavy atom. The van der Waals surface area contributed by atoms with E-state index in [4.69, 9.17) is 15.7 Å². The van der Waals surface area contributed by atoms with Crippen molar-refractivity contribution in [2.45, 2.75) is 78.2 Å². The third-order valence-corrected chi connectivity index (χ3v) is 4.69. The van der Waals surface area contributed by atoms with Crippen molar-refractivity contribution < 1.29 is 9.94 Å². The Morgan fingerprint density at radius 1 is 1.30 bits per heavy atom. The summed E-state index contributed by atoms with van der Waals surface area (Å²) in [6.07, 6.45) is 9.98. The lowest BCUT2D eigenvalue weighted by molar-refractivity contribution is -0.0138. The van der Waals surface area contributed by atoms with Crippen LogP contribution in [0.5, 0.6) is 0 Å². The van der Waals surface area contributed by atoms with Crippen LogP contribution in [0.25, 0.3) is 0 Å². The molecule has 0 saturated heterocycles. The maximum absolute atomic E-state index is 8.74. The van der Waals surface area contributed by atoms with E-state index >= 15 is 0 Å². The Bertz CT molecular complexity index is 303. The SMILES string of the molecule is CCC1CCCCC1OCCCCC(C)(C)C(N)=NO. The van der Waals surface area contributed by atoms with Crippen molar-refractivity contribution in [2.75, 3.05) is 6.61 Å². The van der Waals surface area contributed by atoms with Gasteiger partial charge in [0.15, 0.2) is 0 Å². The van der Waals surface area contributed by atoms with E-state index in [1.54, 1.807) is 0 Å². The molecule has 1 rings (SSSR count).